The molecular formula is C18H16F2N2O5. The number of hydrogen-bond acceptors (Lipinski definition) is 5. The SMILES string of the molecule is COc1cc(C(=O)Nc2ccc3c(c2)NC(=O)C(C)O3)ccc1OC(F)F. The lowest BCUT2D eigenvalue weighted by atomic mass is 10.1. The van der Waals surface area contributed by atoms with Crippen molar-refractivity contribution >= 4 is 23.2 Å². The summed E-state index contributed by atoms with van der Waals surface area (Å²) in [6.45, 7) is -1.38. The van der Waals surface area contributed by atoms with Crippen molar-refractivity contribution in [3.05, 3.63) is 42.0 Å². The fourth-order valence-electron chi connectivity index (χ4n) is 2.49. The van der Waals surface area contributed by atoms with E-state index in [1.807, 2.05) is 0 Å². The standard InChI is InChI=1S/C18H16F2N2O5/c1-9-16(23)22-12-8-11(4-6-13(12)26-9)21-17(24)10-3-5-14(27-18(19)20)15(7-10)25-2/h3-9,18H,1-2H3,(H,21,24)(H,22,23). The number of carbonyl (C=O) groups is 2. The third-order valence-corrected chi connectivity index (χ3v) is 3.81. The van der Waals surface area contributed by atoms with Gasteiger partial charge in [-0.15, -0.1) is 0 Å². The molecule has 2 N–H and O–H groups in total. The van der Waals surface area contributed by atoms with E-state index in [0.717, 1.165) is 0 Å². The van der Waals surface area contributed by atoms with Crippen LogP contribution in [0.5, 0.6) is 17.2 Å². The molecule has 0 aliphatic carbocycles. The van der Waals surface area contributed by atoms with Crippen LogP contribution in [-0.4, -0.2) is 31.6 Å². The lowest BCUT2D eigenvalue weighted by Crippen LogP contribution is -2.34. The van der Waals surface area contributed by atoms with E-state index in [1.54, 1.807) is 25.1 Å². The number of hydrogen-bond donors (Lipinski definition) is 2. The van der Waals surface area contributed by atoms with Gasteiger partial charge in [0.15, 0.2) is 17.6 Å². The van der Waals surface area contributed by atoms with Gasteiger partial charge in [0.1, 0.15) is 5.75 Å². The molecule has 3 rings (SSSR count). The highest BCUT2D eigenvalue weighted by atomic mass is 19.3. The molecule has 0 radical (unpaired) electrons. The Bertz CT molecular complexity index is 888. The number of halogens is 2. The molecule has 9 heteroatoms. The summed E-state index contributed by atoms with van der Waals surface area (Å²) in [6.07, 6.45) is -0.598. The first-order chi connectivity index (χ1) is 12.9. The number of fused-ring (bicyclic) bond motifs is 1. The van der Waals surface area contributed by atoms with Crippen LogP contribution in [0.4, 0.5) is 20.2 Å². The molecular weight excluding hydrogens is 362 g/mol. The maximum Gasteiger partial charge on any atom is 0.387 e. The van der Waals surface area contributed by atoms with Crippen LogP contribution in [0.1, 0.15) is 17.3 Å². The first-order valence-electron chi connectivity index (χ1n) is 7.93. The molecule has 0 bridgehead atoms. The van der Waals surface area contributed by atoms with Gasteiger partial charge in [0.2, 0.25) is 0 Å². The summed E-state index contributed by atoms with van der Waals surface area (Å²) in [7, 11) is 1.28. The van der Waals surface area contributed by atoms with Crippen LogP contribution in [-0.2, 0) is 4.79 Å². The summed E-state index contributed by atoms with van der Waals surface area (Å²) in [5.41, 5.74) is 1.04. The summed E-state index contributed by atoms with van der Waals surface area (Å²) in [6, 6.07) is 8.65. The maximum absolute atomic E-state index is 12.4. The second-order valence-corrected chi connectivity index (χ2v) is 5.66. The van der Waals surface area contributed by atoms with Crippen molar-refractivity contribution in [2.24, 2.45) is 0 Å². The van der Waals surface area contributed by atoms with Crippen molar-refractivity contribution < 1.29 is 32.6 Å². The number of benzene rings is 2. The van der Waals surface area contributed by atoms with Gasteiger partial charge in [0.05, 0.1) is 12.8 Å². The van der Waals surface area contributed by atoms with Crippen LogP contribution < -0.4 is 24.8 Å². The summed E-state index contributed by atoms with van der Waals surface area (Å²) in [5, 5.41) is 5.34. The van der Waals surface area contributed by atoms with Crippen molar-refractivity contribution in [2.45, 2.75) is 19.6 Å². The number of nitrogens with one attached hydrogen (secondary N) is 2. The zero-order chi connectivity index (χ0) is 19.6. The Balaban J connectivity index is 1.78. The summed E-state index contributed by atoms with van der Waals surface area (Å²) >= 11 is 0. The molecule has 1 aliphatic heterocycles. The van der Waals surface area contributed by atoms with E-state index < -0.39 is 18.6 Å². The van der Waals surface area contributed by atoms with E-state index >= 15 is 0 Å². The Morgan fingerprint density at radius 3 is 2.70 bits per heavy atom. The number of carbonyl (C=O) groups excluding carboxylic acids is 2. The molecule has 0 saturated heterocycles. The molecule has 0 saturated carbocycles. The van der Waals surface area contributed by atoms with Gasteiger partial charge >= 0.3 is 6.61 Å². The quantitative estimate of drug-likeness (QED) is 0.834. The van der Waals surface area contributed by atoms with E-state index in [-0.39, 0.29) is 23.0 Å². The second kappa shape index (κ2) is 7.48. The van der Waals surface area contributed by atoms with Gasteiger partial charge in [-0.2, -0.15) is 8.78 Å². The average Bonchev–Trinajstić information content (AvgIpc) is 2.62. The molecule has 142 valence electrons. The Morgan fingerprint density at radius 2 is 2.00 bits per heavy atom. The van der Waals surface area contributed by atoms with Gasteiger partial charge < -0.3 is 24.8 Å². The van der Waals surface area contributed by atoms with E-state index in [1.165, 1.54) is 25.3 Å². The van der Waals surface area contributed by atoms with Gasteiger partial charge in [0.25, 0.3) is 11.8 Å². The monoisotopic (exact) mass is 378 g/mol. The van der Waals surface area contributed by atoms with Crippen LogP contribution in [0.2, 0.25) is 0 Å². The van der Waals surface area contributed by atoms with Crippen molar-refractivity contribution in [1.82, 2.24) is 0 Å². The number of alkyl halides is 2. The highest BCUT2D eigenvalue weighted by Gasteiger charge is 2.24. The molecule has 2 amide bonds. The van der Waals surface area contributed by atoms with Gasteiger partial charge in [-0.3, -0.25) is 9.59 Å². The fourth-order valence-corrected chi connectivity index (χ4v) is 2.49. The van der Waals surface area contributed by atoms with Crippen molar-refractivity contribution in [1.29, 1.82) is 0 Å². The first-order valence-corrected chi connectivity index (χ1v) is 7.93. The molecule has 1 heterocycles. The highest BCUT2D eigenvalue weighted by Crippen LogP contribution is 2.33. The Hall–Kier alpha value is -3.36. The third-order valence-electron chi connectivity index (χ3n) is 3.81. The van der Waals surface area contributed by atoms with Gasteiger partial charge in [-0.25, -0.2) is 0 Å². The van der Waals surface area contributed by atoms with E-state index in [4.69, 9.17) is 9.47 Å². The Kier molecular flexibility index (Phi) is 5.11. The molecule has 0 fully saturated rings. The largest absolute Gasteiger partial charge is 0.493 e. The first kappa shape index (κ1) is 18.4. The van der Waals surface area contributed by atoms with Crippen LogP contribution in [0, 0.1) is 0 Å². The number of ether oxygens (including phenoxy) is 3. The zero-order valence-corrected chi connectivity index (χ0v) is 14.4. The van der Waals surface area contributed by atoms with Crippen LogP contribution in [0.15, 0.2) is 36.4 Å². The summed E-state index contributed by atoms with van der Waals surface area (Å²) in [4.78, 5) is 24.1. The molecule has 1 aliphatic rings. The summed E-state index contributed by atoms with van der Waals surface area (Å²) in [5.74, 6) is -0.455. The average molecular weight is 378 g/mol. The number of anilines is 2. The van der Waals surface area contributed by atoms with Crippen molar-refractivity contribution in [3.8, 4) is 17.2 Å². The second-order valence-electron chi connectivity index (χ2n) is 5.66. The minimum absolute atomic E-state index is 0.00282. The third kappa shape index (κ3) is 4.08. The van der Waals surface area contributed by atoms with Crippen LogP contribution in [0.3, 0.4) is 0 Å². The van der Waals surface area contributed by atoms with Gasteiger partial charge in [-0.1, -0.05) is 0 Å². The number of amides is 2. The smallest absolute Gasteiger partial charge is 0.387 e. The molecule has 0 aromatic heterocycles. The molecule has 0 spiro atoms. The van der Waals surface area contributed by atoms with Crippen LogP contribution in [0.25, 0.3) is 0 Å². The normalized spacial score (nSPS) is 15.4. The fraction of sp³-hybridized carbons (Fsp3) is 0.222. The molecule has 27 heavy (non-hydrogen) atoms. The van der Waals surface area contributed by atoms with Crippen molar-refractivity contribution in [3.63, 3.8) is 0 Å². The van der Waals surface area contributed by atoms with Gasteiger partial charge in [-0.05, 0) is 43.3 Å². The minimum Gasteiger partial charge on any atom is -0.493 e. The highest BCUT2D eigenvalue weighted by molar-refractivity contribution is 6.05. The van der Waals surface area contributed by atoms with Crippen LogP contribution >= 0.6 is 0 Å². The Labute approximate surface area is 153 Å². The number of methoxy groups -OCH3 is 1. The molecule has 1 unspecified atom stereocenters. The lowest BCUT2D eigenvalue weighted by Gasteiger charge is -2.23. The van der Waals surface area contributed by atoms with E-state index in [2.05, 4.69) is 15.4 Å². The maximum atomic E-state index is 12.4. The zero-order valence-electron chi connectivity index (χ0n) is 14.4. The predicted octanol–water partition coefficient (Wildman–Crippen LogP) is 3.27. The predicted molar refractivity (Wildman–Crippen MR) is 92.7 cm³/mol. The number of rotatable bonds is 5. The molecule has 2 aromatic carbocycles. The molecule has 1 atom stereocenters. The Morgan fingerprint density at radius 1 is 1.22 bits per heavy atom. The van der Waals surface area contributed by atoms with Crippen molar-refractivity contribution in [2.75, 3.05) is 17.7 Å². The lowest BCUT2D eigenvalue weighted by molar-refractivity contribution is -0.122. The van der Waals surface area contributed by atoms with E-state index in [9.17, 15) is 18.4 Å². The molecule has 7 nitrogen and oxygen atoms in total. The topological polar surface area (TPSA) is 85.9 Å². The minimum atomic E-state index is -3.01. The summed E-state index contributed by atoms with van der Waals surface area (Å²) < 4.78 is 39.5. The molecule has 2 aromatic rings. The van der Waals surface area contributed by atoms with Gasteiger partial charge in [0, 0.05) is 11.3 Å². The van der Waals surface area contributed by atoms with E-state index in [0.29, 0.717) is 17.1 Å².